The monoisotopic (exact) mass is 267 g/mol. The van der Waals surface area contributed by atoms with Crippen molar-refractivity contribution in [2.75, 3.05) is 7.11 Å². The van der Waals surface area contributed by atoms with Crippen LogP contribution < -0.4 is 5.73 Å². The van der Waals surface area contributed by atoms with Gasteiger partial charge < -0.3 is 15.0 Å². The molecule has 19 heavy (non-hydrogen) atoms. The van der Waals surface area contributed by atoms with Crippen molar-refractivity contribution in [3.05, 3.63) is 11.7 Å². The molecule has 0 aromatic carbocycles. The minimum absolute atomic E-state index is 0.161. The van der Waals surface area contributed by atoms with Crippen LogP contribution in [0.4, 0.5) is 0 Å². The minimum atomic E-state index is -0.371. The van der Waals surface area contributed by atoms with E-state index in [1.807, 2.05) is 0 Å². The summed E-state index contributed by atoms with van der Waals surface area (Å²) >= 11 is 0. The number of nitrogens with zero attached hydrogens (tertiary/aromatic N) is 2. The molecular formula is C14H25N3O2. The van der Waals surface area contributed by atoms with Crippen LogP contribution in [0.25, 0.3) is 0 Å². The Morgan fingerprint density at radius 1 is 1.32 bits per heavy atom. The lowest BCUT2D eigenvalue weighted by Crippen LogP contribution is -2.29. The molecule has 2 N–H and O–H groups in total. The van der Waals surface area contributed by atoms with E-state index >= 15 is 0 Å². The van der Waals surface area contributed by atoms with Crippen molar-refractivity contribution >= 4 is 0 Å². The molecule has 0 spiro atoms. The summed E-state index contributed by atoms with van der Waals surface area (Å²) in [6.45, 7) is 2.10. The summed E-state index contributed by atoms with van der Waals surface area (Å²) in [4.78, 5) is 4.51. The second-order valence-corrected chi connectivity index (χ2v) is 5.46. The Bertz CT molecular complexity index is 384. The fourth-order valence-corrected chi connectivity index (χ4v) is 2.82. The molecule has 1 atom stereocenters. The van der Waals surface area contributed by atoms with Gasteiger partial charge in [-0.15, -0.1) is 0 Å². The average molecular weight is 267 g/mol. The van der Waals surface area contributed by atoms with Gasteiger partial charge in [0, 0.05) is 7.11 Å². The number of ether oxygens (including phenoxy) is 1. The van der Waals surface area contributed by atoms with Crippen LogP contribution in [0.3, 0.4) is 0 Å². The molecule has 1 aromatic rings. The maximum atomic E-state index is 6.03. The largest absolute Gasteiger partial charge is 0.370 e. The molecule has 1 saturated carbocycles. The highest BCUT2D eigenvalue weighted by Gasteiger charge is 2.37. The first-order valence-corrected chi connectivity index (χ1v) is 7.36. The summed E-state index contributed by atoms with van der Waals surface area (Å²) in [5.41, 5.74) is 5.66. The smallest absolute Gasteiger partial charge is 0.243 e. The van der Waals surface area contributed by atoms with E-state index in [1.165, 1.54) is 12.8 Å². The van der Waals surface area contributed by atoms with E-state index in [0.29, 0.717) is 11.7 Å². The van der Waals surface area contributed by atoms with Crippen LogP contribution in [0.1, 0.15) is 76.0 Å². The number of rotatable bonds is 5. The van der Waals surface area contributed by atoms with Crippen LogP contribution in [-0.4, -0.2) is 17.3 Å². The summed E-state index contributed by atoms with van der Waals surface area (Å²) in [7, 11) is 1.74. The third-order valence-electron chi connectivity index (χ3n) is 4.07. The standard InChI is InChI=1S/C14H25N3O2/c1-3-8-11(15)12-16-13(17-19-12)14(18-2)9-6-4-5-7-10-14/h11H,3-10,15H2,1-2H3. The van der Waals surface area contributed by atoms with E-state index in [0.717, 1.165) is 38.5 Å². The lowest BCUT2D eigenvalue weighted by Gasteiger charge is -2.27. The highest BCUT2D eigenvalue weighted by atomic mass is 16.5. The second kappa shape index (κ2) is 6.48. The summed E-state index contributed by atoms with van der Waals surface area (Å²) in [5.74, 6) is 1.22. The van der Waals surface area contributed by atoms with Crippen molar-refractivity contribution < 1.29 is 9.26 Å². The molecule has 1 aliphatic rings. The molecule has 1 unspecified atom stereocenters. The molecule has 1 heterocycles. The van der Waals surface area contributed by atoms with E-state index in [9.17, 15) is 0 Å². The summed E-state index contributed by atoms with van der Waals surface area (Å²) in [6, 6.07) is -0.161. The van der Waals surface area contributed by atoms with Gasteiger partial charge in [-0.1, -0.05) is 44.2 Å². The lowest BCUT2D eigenvalue weighted by molar-refractivity contribution is -0.0365. The highest BCUT2D eigenvalue weighted by molar-refractivity contribution is 5.04. The second-order valence-electron chi connectivity index (χ2n) is 5.46. The summed E-state index contributed by atoms with van der Waals surface area (Å²) < 4.78 is 11.1. The van der Waals surface area contributed by atoms with E-state index in [2.05, 4.69) is 17.1 Å². The molecule has 0 saturated heterocycles. The number of methoxy groups -OCH3 is 1. The van der Waals surface area contributed by atoms with E-state index in [1.54, 1.807) is 7.11 Å². The van der Waals surface area contributed by atoms with Crippen LogP contribution >= 0.6 is 0 Å². The molecule has 0 amide bonds. The molecule has 2 rings (SSSR count). The maximum Gasteiger partial charge on any atom is 0.243 e. The Hall–Kier alpha value is -0.940. The fraction of sp³-hybridized carbons (Fsp3) is 0.857. The maximum absolute atomic E-state index is 6.03. The number of nitrogens with two attached hydrogens (primary N) is 1. The Morgan fingerprint density at radius 3 is 2.58 bits per heavy atom. The quantitative estimate of drug-likeness (QED) is 0.830. The number of hydrogen-bond acceptors (Lipinski definition) is 5. The molecule has 5 nitrogen and oxygen atoms in total. The lowest BCUT2D eigenvalue weighted by atomic mass is 9.93. The molecular weight excluding hydrogens is 242 g/mol. The van der Waals surface area contributed by atoms with Crippen molar-refractivity contribution in [2.45, 2.75) is 69.9 Å². The molecule has 1 fully saturated rings. The van der Waals surface area contributed by atoms with Crippen LogP contribution in [0.5, 0.6) is 0 Å². The van der Waals surface area contributed by atoms with Crippen LogP contribution in [0.15, 0.2) is 4.52 Å². The van der Waals surface area contributed by atoms with E-state index < -0.39 is 0 Å². The predicted molar refractivity (Wildman–Crippen MR) is 72.5 cm³/mol. The Kier molecular flexibility index (Phi) is 4.93. The third-order valence-corrected chi connectivity index (χ3v) is 4.07. The van der Waals surface area contributed by atoms with E-state index in [-0.39, 0.29) is 11.6 Å². The minimum Gasteiger partial charge on any atom is -0.370 e. The molecule has 108 valence electrons. The molecule has 0 bridgehead atoms. The van der Waals surface area contributed by atoms with Gasteiger partial charge in [0.2, 0.25) is 11.7 Å². The zero-order valence-electron chi connectivity index (χ0n) is 12.0. The molecule has 0 aliphatic heterocycles. The molecule has 1 aromatic heterocycles. The van der Waals surface area contributed by atoms with Crippen molar-refractivity contribution in [3.8, 4) is 0 Å². The fourth-order valence-electron chi connectivity index (χ4n) is 2.82. The van der Waals surface area contributed by atoms with Crippen molar-refractivity contribution in [2.24, 2.45) is 5.73 Å². The Morgan fingerprint density at radius 2 is 2.00 bits per heavy atom. The van der Waals surface area contributed by atoms with Crippen molar-refractivity contribution in [1.82, 2.24) is 10.1 Å². The van der Waals surface area contributed by atoms with Crippen LogP contribution in [-0.2, 0) is 10.3 Å². The van der Waals surface area contributed by atoms with Crippen LogP contribution in [0.2, 0.25) is 0 Å². The first-order valence-electron chi connectivity index (χ1n) is 7.36. The summed E-state index contributed by atoms with van der Waals surface area (Å²) in [6.07, 6.45) is 8.61. The molecule has 5 heteroatoms. The number of hydrogen-bond donors (Lipinski definition) is 1. The third kappa shape index (κ3) is 3.15. The molecule has 0 radical (unpaired) electrons. The van der Waals surface area contributed by atoms with Gasteiger partial charge in [-0.3, -0.25) is 0 Å². The first-order chi connectivity index (χ1) is 9.22. The van der Waals surface area contributed by atoms with Gasteiger partial charge in [0.05, 0.1) is 6.04 Å². The predicted octanol–water partition coefficient (Wildman–Crippen LogP) is 3.07. The average Bonchev–Trinajstić information content (AvgIpc) is 2.79. The molecule has 1 aliphatic carbocycles. The SMILES string of the molecule is CCCC(N)c1nc(C2(OC)CCCCCC2)no1. The van der Waals surface area contributed by atoms with Gasteiger partial charge in [-0.25, -0.2) is 0 Å². The Balaban J connectivity index is 2.18. The number of aromatic nitrogens is 2. The zero-order valence-corrected chi connectivity index (χ0v) is 12.0. The van der Waals surface area contributed by atoms with Gasteiger partial charge in [0.25, 0.3) is 0 Å². The van der Waals surface area contributed by atoms with Gasteiger partial charge in [0.15, 0.2) is 0 Å². The van der Waals surface area contributed by atoms with Gasteiger partial charge in [-0.05, 0) is 19.3 Å². The topological polar surface area (TPSA) is 74.2 Å². The van der Waals surface area contributed by atoms with Crippen molar-refractivity contribution in [3.63, 3.8) is 0 Å². The van der Waals surface area contributed by atoms with Gasteiger partial charge in [-0.2, -0.15) is 4.98 Å². The summed E-state index contributed by atoms with van der Waals surface area (Å²) in [5, 5.41) is 4.14. The normalized spacial score (nSPS) is 21.0. The van der Waals surface area contributed by atoms with Gasteiger partial charge in [0.1, 0.15) is 5.60 Å². The van der Waals surface area contributed by atoms with Crippen LogP contribution in [0, 0.1) is 0 Å². The zero-order chi connectivity index (χ0) is 13.7. The van der Waals surface area contributed by atoms with E-state index in [4.69, 9.17) is 15.0 Å². The Labute approximate surface area is 114 Å². The first kappa shape index (κ1) is 14.5. The van der Waals surface area contributed by atoms with Gasteiger partial charge >= 0.3 is 0 Å². The van der Waals surface area contributed by atoms with Crippen molar-refractivity contribution in [1.29, 1.82) is 0 Å². The highest BCUT2D eigenvalue weighted by Crippen LogP contribution is 2.37.